The van der Waals surface area contributed by atoms with Crippen molar-refractivity contribution in [2.75, 3.05) is 23.3 Å². The highest BCUT2D eigenvalue weighted by Gasteiger charge is 2.11. The topological polar surface area (TPSA) is 35.5 Å². The Balaban J connectivity index is 1.64. The molecular formula is C17H19FN2O. The van der Waals surface area contributed by atoms with Crippen molar-refractivity contribution >= 4 is 11.4 Å². The van der Waals surface area contributed by atoms with Crippen LogP contribution >= 0.6 is 0 Å². The zero-order chi connectivity index (χ0) is 14.7. The Morgan fingerprint density at radius 3 is 2.48 bits per heavy atom. The molecule has 2 N–H and O–H groups in total. The van der Waals surface area contributed by atoms with E-state index in [4.69, 9.17) is 0 Å². The van der Waals surface area contributed by atoms with Crippen molar-refractivity contribution in [2.45, 2.75) is 19.4 Å². The molecule has 110 valence electrons. The number of benzene rings is 2. The van der Waals surface area contributed by atoms with Crippen molar-refractivity contribution in [3.05, 3.63) is 53.8 Å². The van der Waals surface area contributed by atoms with Gasteiger partial charge in [0.2, 0.25) is 0 Å². The van der Waals surface area contributed by atoms with Gasteiger partial charge in [-0.3, -0.25) is 0 Å². The molecule has 21 heavy (non-hydrogen) atoms. The van der Waals surface area contributed by atoms with Crippen molar-refractivity contribution in [3.63, 3.8) is 0 Å². The number of nitrogens with zero attached hydrogens (tertiary/aromatic N) is 1. The van der Waals surface area contributed by atoms with Crippen molar-refractivity contribution in [1.29, 1.82) is 0 Å². The number of phenols is 1. The van der Waals surface area contributed by atoms with Crippen LogP contribution in [0.4, 0.5) is 15.8 Å². The maximum absolute atomic E-state index is 13.2. The highest BCUT2D eigenvalue weighted by Crippen LogP contribution is 2.23. The van der Waals surface area contributed by atoms with Gasteiger partial charge < -0.3 is 15.3 Å². The van der Waals surface area contributed by atoms with E-state index < -0.39 is 0 Å². The SMILES string of the molecule is Oc1ccc(F)cc1CNc1ccc(N2CCCC2)cc1. The van der Waals surface area contributed by atoms with Gasteiger partial charge in [0.25, 0.3) is 0 Å². The minimum absolute atomic E-state index is 0.109. The minimum Gasteiger partial charge on any atom is -0.508 e. The summed E-state index contributed by atoms with van der Waals surface area (Å²) in [6.45, 7) is 2.65. The molecule has 3 rings (SSSR count). The van der Waals surface area contributed by atoms with Gasteiger partial charge in [0.1, 0.15) is 11.6 Å². The van der Waals surface area contributed by atoms with Crippen LogP contribution in [0, 0.1) is 5.82 Å². The Hall–Kier alpha value is -2.23. The fraction of sp³-hybridized carbons (Fsp3) is 0.294. The monoisotopic (exact) mass is 286 g/mol. The summed E-state index contributed by atoms with van der Waals surface area (Å²) in [7, 11) is 0. The molecule has 0 aliphatic carbocycles. The molecule has 1 aliphatic rings. The molecule has 0 saturated carbocycles. The molecule has 1 heterocycles. The van der Waals surface area contributed by atoms with Crippen LogP contribution in [0.5, 0.6) is 5.75 Å². The highest BCUT2D eigenvalue weighted by atomic mass is 19.1. The van der Waals surface area contributed by atoms with Crippen LogP contribution in [-0.4, -0.2) is 18.2 Å². The Kier molecular flexibility index (Phi) is 3.95. The standard InChI is InChI=1S/C17H19FN2O/c18-14-3-8-17(21)13(11-14)12-19-15-4-6-16(7-5-15)20-9-1-2-10-20/h3-8,11,19,21H,1-2,9-10,12H2. The quantitative estimate of drug-likeness (QED) is 0.898. The van der Waals surface area contributed by atoms with Gasteiger partial charge in [-0.2, -0.15) is 0 Å². The fourth-order valence-corrected chi connectivity index (χ4v) is 2.66. The van der Waals surface area contributed by atoms with Gasteiger partial charge in [0.05, 0.1) is 0 Å². The highest BCUT2D eigenvalue weighted by molar-refractivity contribution is 5.55. The summed E-state index contributed by atoms with van der Waals surface area (Å²) in [5.74, 6) is -0.230. The van der Waals surface area contributed by atoms with Gasteiger partial charge in [0, 0.05) is 36.6 Å². The average Bonchev–Trinajstić information content (AvgIpc) is 3.03. The zero-order valence-electron chi connectivity index (χ0n) is 11.8. The second kappa shape index (κ2) is 6.04. The molecule has 1 fully saturated rings. The molecule has 0 amide bonds. The predicted octanol–water partition coefficient (Wildman–Crippen LogP) is 3.74. The van der Waals surface area contributed by atoms with Gasteiger partial charge in [-0.15, -0.1) is 0 Å². The van der Waals surface area contributed by atoms with Gasteiger partial charge in [-0.25, -0.2) is 4.39 Å². The summed E-state index contributed by atoms with van der Waals surface area (Å²) in [6, 6.07) is 12.2. The van der Waals surface area contributed by atoms with Crippen molar-refractivity contribution in [1.82, 2.24) is 0 Å². The largest absolute Gasteiger partial charge is 0.508 e. The average molecular weight is 286 g/mol. The maximum Gasteiger partial charge on any atom is 0.123 e. The first kappa shape index (κ1) is 13.7. The van der Waals surface area contributed by atoms with Crippen LogP contribution in [0.1, 0.15) is 18.4 Å². The number of aromatic hydroxyl groups is 1. The first-order valence-corrected chi connectivity index (χ1v) is 7.29. The number of anilines is 2. The van der Waals surface area contributed by atoms with E-state index in [0.717, 1.165) is 18.8 Å². The molecular weight excluding hydrogens is 267 g/mol. The summed E-state index contributed by atoms with van der Waals surface area (Å²) in [5, 5.41) is 12.9. The zero-order valence-corrected chi connectivity index (χ0v) is 11.8. The lowest BCUT2D eigenvalue weighted by Gasteiger charge is -2.18. The molecule has 0 radical (unpaired) electrons. The molecule has 0 atom stereocenters. The van der Waals surface area contributed by atoms with Crippen LogP contribution in [0.2, 0.25) is 0 Å². The molecule has 3 nitrogen and oxygen atoms in total. The van der Waals surface area contributed by atoms with Crippen molar-refractivity contribution in [3.8, 4) is 5.75 Å². The van der Waals surface area contributed by atoms with E-state index in [1.54, 1.807) is 0 Å². The van der Waals surface area contributed by atoms with E-state index in [1.807, 2.05) is 12.1 Å². The molecule has 4 heteroatoms. The second-order valence-electron chi connectivity index (χ2n) is 5.37. The third-order valence-corrected chi connectivity index (χ3v) is 3.86. The number of phenolic OH excluding ortho intramolecular Hbond substituents is 1. The smallest absolute Gasteiger partial charge is 0.123 e. The number of hydrogen-bond acceptors (Lipinski definition) is 3. The first-order valence-electron chi connectivity index (χ1n) is 7.29. The molecule has 0 unspecified atom stereocenters. The van der Waals surface area contributed by atoms with Gasteiger partial charge >= 0.3 is 0 Å². The van der Waals surface area contributed by atoms with E-state index in [9.17, 15) is 9.50 Å². The summed E-state index contributed by atoms with van der Waals surface area (Å²) in [6.07, 6.45) is 2.53. The Morgan fingerprint density at radius 2 is 1.76 bits per heavy atom. The van der Waals surface area contributed by atoms with Gasteiger partial charge in [0.15, 0.2) is 0 Å². The molecule has 2 aromatic rings. The normalized spacial score (nSPS) is 14.4. The van der Waals surface area contributed by atoms with Crippen molar-refractivity contribution in [2.24, 2.45) is 0 Å². The van der Waals surface area contributed by atoms with E-state index in [2.05, 4.69) is 22.3 Å². The predicted molar refractivity (Wildman–Crippen MR) is 83.3 cm³/mol. The Labute approximate surface area is 124 Å². The number of hydrogen-bond donors (Lipinski definition) is 2. The lowest BCUT2D eigenvalue weighted by Crippen LogP contribution is -2.17. The Bertz CT molecular complexity index is 607. The van der Waals surface area contributed by atoms with E-state index in [-0.39, 0.29) is 11.6 Å². The molecule has 1 aliphatic heterocycles. The minimum atomic E-state index is -0.339. The van der Waals surface area contributed by atoms with Crippen LogP contribution in [0.3, 0.4) is 0 Å². The molecule has 0 spiro atoms. The summed E-state index contributed by atoms with van der Waals surface area (Å²) >= 11 is 0. The number of nitrogens with one attached hydrogen (secondary N) is 1. The molecule has 0 bridgehead atoms. The van der Waals surface area contributed by atoms with Gasteiger partial charge in [-0.1, -0.05) is 0 Å². The van der Waals surface area contributed by atoms with E-state index in [0.29, 0.717) is 12.1 Å². The van der Waals surface area contributed by atoms with Gasteiger partial charge in [-0.05, 0) is 55.3 Å². The summed E-state index contributed by atoms with van der Waals surface area (Å²) in [5.41, 5.74) is 2.76. The van der Waals surface area contributed by atoms with E-state index >= 15 is 0 Å². The Morgan fingerprint density at radius 1 is 1.05 bits per heavy atom. The lowest BCUT2D eigenvalue weighted by atomic mass is 10.2. The summed E-state index contributed by atoms with van der Waals surface area (Å²) < 4.78 is 13.2. The second-order valence-corrected chi connectivity index (χ2v) is 5.37. The van der Waals surface area contributed by atoms with Crippen LogP contribution < -0.4 is 10.2 Å². The van der Waals surface area contributed by atoms with Crippen molar-refractivity contribution < 1.29 is 9.50 Å². The summed E-state index contributed by atoms with van der Waals surface area (Å²) in [4.78, 5) is 2.38. The molecule has 2 aromatic carbocycles. The number of halogens is 1. The number of rotatable bonds is 4. The van der Waals surface area contributed by atoms with E-state index in [1.165, 1.54) is 36.7 Å². The maximum atomic E-state index is 13.2. The van der Waals surface area contributed by atoms with Crippen LogP contribution in [0.25, 0.3) is 0 Å². The molecule has 0 aromatic heterocycles. The lowest BCUT2D eigenvalue weighted by molar-refractivity contribution is 0.466. The third-order valence-electron chi connectivity index (χ3n) is 3.86. The first-order chi connectivity index (χ1) is 10.2. The van der Waals surface area contributed by atoms with Crippen LogP contribution in [0.15, 0.2) is 42.5 Å². The van der Waals surface area contributed by atoms with Crippen LogP contribution in [-0.2, 0) is 6.54 Å². The molecule has 1 saturated heterocycles. The third kappa shape index (κ3) is 3.27. The fourth-order valence-electron chi connectivity index (χ4n) is 2.66.